The van der Waals surface area contributed by atoms with Gasteiger partial charge in [-0.2, -0.15) is 13.2 Å². The number of fused-ring (bicyclic) bond motifs is 2. The summed E-state index contributed by atoms with van der Waals surface area (Å²) < 4.78 is 50.8. The average Bonchev–Trinajstić information content (AvgIpc) is 3.21. The van der Waals surface area contributed by atoms with Crippen LogP contribution < -0.4 is 19.7 Å². The maximum absolute atomic E-state index is 13.5. The van der Waals surface area contributed by atoms with Crippen molar-refractivity contribution in [1.82, 2.24) is 9.80 Å². The van der Waals surface area contributed by atoms with E-state index in [1.54, 1.807) is 12.0 Å². The van der Waals surface area contributed by atoms with Gasteiger partial charge in [0.2, 0.25) is 5.91 Å². The lowest BCUT2D eigenvalue weighted by atomic mass is 9.84. The number of nitrogens with zero attached hydrogens (tertiary/aromatic N) is 3. The highest BCUT2D eigenvalue weighted by molar-refractivity contribution is 5.97. The van der Waals surface area contributed by atoms with Crippen molar-refractivity contribution in [1.29, 1.82) is 0 Å². The Morgan fingerprint density at radius 3 is 2.20 bits per heavy atom. The summed E-state index contributed by atoms with van der Waals surface area (Å²) in [5, 5.41) is 3.05. The van der Waals surface area contributed by atoms with Crippen molar-refractivity contribution in [3.8, 4) is 11.5 Å². The van der Waals surface area contributed by atoms with Crippen LogP contribution >= 0.6 is 0 Å². The topological polar surface area (TPSA) is 74.4 Å². The number of likely N-dealkylation sites (N-methyl/N-ethyl adjacent to an activating group) is 1. The molecule has 5 rings (SSSR count). The first-order chi connectivity index (χ1) is 19.1. The standard InChI is InChI=1S/C29H35F3N4O4/c1-34-8-10-35(11-9-34)22-6-7-24(25(15-22)40-3)33-27(37)26-18-4-5-19(26)17-36(16-18)28(38)20-12-21(29(30,31)32)14-23(13-20)39-2/h6-7,12-15,18-19,26H,4-5,8-11,16-17H2,1-3H3,(H,33,37)/t18-,19+,26?. The van der Waals surface area contributed by atoms with Crippen LogP contribution in [0.3, 0.4) is 0 Å². The van der Waals surface area contributed by atoms with Gasteiger partial charge in [0.05, 0.1) is 25.5 Å². The van der Waals surface area contributed by atoms with Crippen LogP contribution in [-0.4, -0.2) is 82.1 Å². The van der Waals surface area contributed by atoms with E-state index in [4.69, 9.17) is 9.47 Å². The summed E-state index contributed by atoms with van der Waals surface area (Å²) in [6.45, 7) is 4.41. The van der Waals surface area contributed by atoms with Gasteiger partial charge in [-0.3, -0.25) is 9.59 Å². The first-order valence-corrected chi connectivity index (χ1v) is 13.6. The highest BCUT2D eigenvalue weighted by Crippen LogP contribution is 2.44. The van der Waals surface area contributed by atoms with Gasteiger partial charge >= 0.3 is 6.18 Å². The molecule has 2 amide bonds. The molecule has 1 saturated carbocycles. The number of ether oxygens (including phenoxy) is 2. The number of piperazine rings is 1. The van der Waals surface area contributed by atoms with Crippen molar-refractivity contribution in [3.63, 3.8) is 0 Å². The van der Waals surface area contributed by atoms with Gasteiger partial charge in [0.15, 0.2) is 0 Å². The Morgan fingerprint density at radius 1 is 0.925 bits per heavy atom. The molecular weight excluding hydrogens is 525 g/mol. The number of alkyl halides is 3. The van der Waals surface area contributed by atoms with E-state index in [1.165, 1.54) is 13.2 Å². The number of methoxy groups -OCH3 is 2. The number of benzene rings is 2. The number of piperidine rings is 1. The zero-order valence-corrected chi connectivity index (χ0v) is 23.0. The van der Waals surface area contributed by atoms with Crippen LogP contribution in [0.5, 0.6) is 11.5 Å². The third-order valence-corrected chi connectivity index (χ3v) is 8.45. The van der Waals surface area contributed by atoms with E-state index < -0.39 is 17.6 Å². The van der Waals surface area contributed by atoms with E-state index >= 15 is 0 Å². The minimum atomic E-state index is -4.60. The van der Waals surface area contributed by atoms with Crippen molar-refractivity contribution >= 4 is 23.2 Å². The molecule has 1 N–H and O–H groups in total. The lowest BCUT2D eigenvalue weighted by Gasteiger charge is -2.37. The second kappa shape index (κ2) is 11.2. The maximum Gasteiger partial charge on any atom is 0.416 e. The van der Waals surface area contributed by atoms with Gasteiger partial charge in [0.1, 0.15) is 11.5 Å². The molecule has 2 aromatic carbocycles. The summed E-state index contributed by atoms with van der Waals surface area (Å²) in [6.07, 6.45) is -3.05. The molecule has 3 fully saturated rings. The molecule has 0 aromatic heterocycles. The Hall–Kier alpha value is -3.47. The molecule has 1 aliphatic carbocycles. The van der Waals surface area contributed by atoms with Gasteiger partial charge < -0.3 is 29.5 Å². The first-order valence-electron chi connectivity index (χ1n) is 13.6. The number of amides is 2. The van der Waals surface area contributed by atoms with E-state index in [2.05, 4.69) is 22.2 Å². The first kappa shape index (κ1) is 28.1. The smallest absolute Gasteiger partial charge is 0.416 e. The number of hydrogen-bond donors (Lipinski definition) is 1. The fraction of sp³-hybridized carbons (Fsp3) is 0.517. The highest BCUT2D eigenvalue weighted by atomic mass is 19.4. The summed E-state index contributed by atoms with van der Waals surface area (Å²) >= 11 is 0. The minimum Gasteiger partial charge on any atom is -0.497 e. The van der Waals surface area contributed by atoms with Crippen LogP contribution in [0.15, 0.2) is 36.4 Å². The van der Waals surface area contributed by atoms with Crippen molar-refractivity contribution < 1.29 is 32.2 Å². The zero-order valence-electron chi connectivity index (χ0n) is 23.0. The molecule has 2 bridgehead atoms. The molecule has 216 valence electrons. The number of carbonyl (C=O) groups excluding carboxylic acids is 2. The molecule has 3 aliphatic rings. The number of halogens is 3. The van der Waals surface area contributed by atoms with E-state index in [0.29, 0.717) is 24.5 Å². The predicted molar refractivity (Wildman–Crippen MR) is 145 cm³/mol. The third-order valence-electron chi connectivity index (χ3n) is 8.45. The molecule has 8 nitrogen and oxygen atoms in total. The largest absolute Gasteiger partial charge is 0.497 e. The quantitative estimate of drug-likeness (QED) is 0.571. The van der Waals surface area contributed by atoms with Crippen LogP contribution in [0.2, 0.25) is 0 Å². The number of rotatable bonds is 6. The lowest BCUT2D eigenvalue weighted by molar-refractivity contribution is -0.137. The van der Waals surface area contributed by atoms with Crippen LogP contribution in [0.25, 0.3) is 0 Å². The normalized spacial score (nSPS) is 23.2. The fourth-order valence-corrected chi connectivity index (χ4v) is 6.26. The maximum atomic E-state index is 13.5. The summed E-state index contributed by atoms with van der Waals surface area (Å²) in [7, 11) is 4.95. The van der Waals surface area contributed by atoms with Crippen LogP contribution in [0, 0.1) is 17.8 Å². The monoisotopic (exact) mass is 560 g/mol. The Bertz CT molecular complexity index is 1250. The number of hydrogen-bond acceptors (Lipinski definition) is 6. The van der Waals surface area contributed by atoms with Crippen molar-refractivity contribution in [3.05, 3.63) is 47.5 Å². The summed E-state index contributed by atoms with van der Waals surface area (Å²) in [5.74, 6) is -0.488. The number of nitrogens with one attached hydrogen (secondary N) is 1. The molecular formula is C29H35F3N4O4. The molecule has 40 heavy (non-hydrogen) atoms. The van der Waals surface area contributed by atoms with E-state index in [0.717, 1.165) is 56.8 Å². The van der Waals surface area contributed by atoms with Gasteiger partial charge in [0.25, 0.3) is 5.91 Å². The Balaban J connectivity index is 1.27. The number of likely N-dealkylation sites (tertiary alicyclic amines) is 1. The predicted octanol–water partition coefficient (Wildman–Crippen LogP) is 4.21. The zero-order chi connectivity index (χ0) is 28.6. The molecule has 2 saturated heterocycles. The number of anilines is 2. The van der Waals surface area contributed by atoms with Gasteiger partial charge in [-0.05, 0) is 62.1 Å². The van der Waals surface area contributed by atoms with Crippen molar-refractivity contribution in [2.45, 2.75) is 19.0 Å². The van der Waals surface area contributed by atoms with Gasteiger partial charge in [0, 0.05) is 62.5 Å². The third kappa shape index (κ3) is 5.70. The minimum absolute atomic E-state index is 0.0250. The summed E-state index contributed by atoms with van der Waals surface area (Å²) in [5.41, 5.74) is 0.639. The van der Waals surface area contributed by atoms with Crippen molar-refractivity contribution in [2.75, 3.05) is 70.8 Å². The second-order valence-corrected chi connectivity index (χ2v) is 10.9. The molecule has 3 atom stereocenters. The summed E-state index contributed by atoms with van der Waals surface area (Å²) in [6, 6.07) is 8.87. The molecule has 1 unspecified atom stereocenters. The Labute approximate surface area is 232 Å². The van der Waals surface area contributed by atoms with Gasteiger partial charge in [-0.1, -0.05) is 0 Å². The molecule has 2 aromatic rings. The number of carbonyl (C=O) groups is 2. The van der Waals surface area contributed by atoms with Gasteiger partial charge in [-0.25, -0.2) is 0 Å². The van der Waals surface area contributed by atoms with Crippen LogP contribution in [0.1, 0.15) is 28.8 Å². The SMILES string of the molecule is COc1cc(C(=O)N2C[C@H]3CC[C@@H](C2)C3C(=O)Nc2ccc(N3CCN(C)CC3)cc2OC)cc(C(F)(F)F)c1. The van der Waals surface area contributed by atoms with Crippen LogP contribution in [-0.2, 0) is 11.0 Å². The van der Waals surface area contributed by atoms with E-state index in [-0.39, 0.29) is 35.0 Å². The Kier molecular flexibility index (Phi) is 7.85. The van der Waals surface area contributed by atoms with E-state index in [1.807, 2.05) is 18.2 Å². The Morgan fingerprint density at radius 2 is 1.60 bits per heavy atom. The van der Waals surface area contributed by atoms with Crippen LogP contribution in [0.4, 0.5) is 24.5 Å². The highest BCUT2D eigenvalue weighted by Gasteiger charge is 2.47. The molecule has 11 heteroatoms. The summed E-state index contributed by atoms with van der Waals surface area (Å²) in [4.78, 5) is 32.9. The lowest BCUT2D eigenvalue weighted by Crippen LogP contribution is -2.48. The van der Waals surface area contributed by atoms with Gasteiger partial charge in [-0.15, -0.1) is 0 Å². The molecule has 2 aliphatic heterocycles. The fourth-order valence-electron chi connectivity index (χ4n) is 6.26. The molecule has 2 heterocycles. The second-order valence-electron chi connectivity index (χ2n) is 10.9. The molecule has 0 radical (unpaired) electrons. The molecule has 0 spiro atoms. The average molecular weight is 561 g/mol. The van der Waals surface area contributed by atoms with Crippen molar-refractivity contribution in [2.24, 2.45) is 17.8 Å². The van der Waals surface area contributed by atoms with E-state index in [9.17, 15) is 22.8 Å².